The number of nitrogen functional groups attached to an aromatic ring is 1. The Bertz CT molecular complexity index is 596. The summed E-state index contributed by atoms with van der Waals surface area (Å²) in [6.07, 6.45) is 2.03. The molecule has 0 bridgehead atoms. The Labute approximate surface area is 116 Å². The molecule has 5 nitrogen and oxygen atoms in total. The average molecular weight is 276 g/mol. The van der Waals surface area contributed by atoms with Crippen LogP contribution < -0.4 is 10.5 Å². The summed E-state index contributed by atoms with van der Waals surface area (Å²) in [7, 11) is 1.88. The van der Waals surface area contributed by atoms with E-state index in [0.717, 1.165) is 36.1 Å². The maximum atomic E-state index is 5.65. The number of benzene rings is 1. The fraction of sp³-hybridized carbons (Fsp3) is 0.385. The van der Waals surface area contributed by atoms with E-state index in [1.54, 1.807) is 16.3 Å². The highest BCUT2D eigenvalue weighted by molar-refractivity contribution is 7.99. The molecule has 3 rings (SSSR count). The van der Waals surface area contributed by atoms with Crippen molar-refractivity contribution in [1.82, 2.24) is 14.8 Å². The van der Waals surface area contributed by atoms with Crippen LogP contribution in [0.3, 0.4) is 0 Å². The van der Waals surface area contributed by atoms with Gasteiger partial charge in [0.05, 0.1) is 6.61 Å². The van der Waals surface area contributed by atoms with Gasteiger partial charge in [-0.3, -0.25) is 4.57 Å². The van der Waals surface area contributed by atoms with Crippen molar-refractivity contribution in [2.45, 2.75) is 18.0 Å². The quantitative estimate of drug-likeness (QED) is 0.860. The lowest BCUT2D eigenvalue weighted by Gasteiger charge is -2.04. The Morgan fingerprint density at radius 1 is 1.42 bits per heavy atom. The van der Waals surface area contributed by atoms with Crippen LogP contribution in [0.25, 0.3) is 0 Å². The summed E-state index contributed by atoms with van der Waals surface area (Å²) in [5.74, 6) is 2.46. The highest BCUT2D eigenvalue weighted by Crippen LogP contribution is 2.26. The normalized spacial score (nSPS) is 13.3. The van der Waals surface area contributed by atoms with Crippen LogP contribution in [0, 0.1) is 0 Å². The van der Waals surface area contributed by atoms with E-state index in [0.29, 0.717) is 5.95 Å². The lowest BCUT2D eigenvalue weighted by atomic mass is 10.1. The molecule has 0 aliphatic carbocycles. The predicted octanol–water partition coefficient (Wildman–Crippen LogP) is 1.67. The number of aryl methyl sites for hydroxylation is 1. The van der Waals surface area contributed by atoms with Crippen LogP contribution in [-0.4, -0.2) is 27.1 Å². The molecule has 0 fully saturated rings. The van der Waals surface area contributed by atoms with E-state index in [1.807, 2.05) is 7.05 Å². The number of hydrogen-bond acceptors (Lipinski definition) is 5. The minimum absolute atomic E-state index is 0.456. The number of nitrogens with two attached hydrogens (primary N) is 1. The highest BCUT2D eigenvalue weighted by atomic mass is 32.2. The topological polar surface area (TPSA) is 66.0 Å². The van der Waals surface area contributed by atoms with Gasteiger partial charge in [0.25, 0.3) is 0 Å². The number of aromatic nitrogens is 3. The van der Waals surface area contributed by atoms with Crippen LogP contribution >= 0.6 is 11.8 Å². The van der Waals surface area contributed by atoms with Gasteiger partial charge >= 0.3 is 0 Å². The van der Waals surface area contributed by atoms with Gasteiger partial charge in [-0.1, -0.05) is 23.9 Å². The first-order valence-electron chi connectivity index (χ1n) is 6.26. The second-order valence-corrected chi connectivity index (χ2v) is 5.60. The summed E-state index contributed by atoms with van der Waals surface area (Å²) in [5.41, 5.74) is 8.31. The van der Waals surface area contributed by atoms with Crippen LogP contribution in [0.2, 0.25) is 0 Å². The molecule has 0 radical (unpaired) electrons. The third kappa shape index (κ3) is 2.53. The average Bonchev–Trinajstić information content (AvgIpc) is 2.99. The molecule has 1 aliphatic rings. The zero-order valence-corrected chi connectivity index (χ0v) is 11.6. The number of fused-ring (bicyclic) bond motifs is 1. The van der Waals surface area contributed by atoms with Gasteiger partial charge in [0, 0.05) is 19.2 Å². The van der Waals surface area contributed by atoms with Crippen LogP contribution in [-0.2, 0) is 19.9 Å². The van der Waals surface area contributed by atoms with Gasteiger partial charge in [-0.25, -0.2) is 0 Å². The second-order valence-electron chi connectivity index (χ2n) is 4.54. The van der Waals surface area contributed by atoms with Gasteiger partial charge < -0.3 is 10.5 Å². The van der Waals surface area contributed by atoms with E-state index in [-0.39, 0.29) is 0 Å². The van der Waals surface area contributed by atoms with E-state index in [4.69, 9.17) is 10.5 Å². The van der Waals surface area contributed by atoms with E-state index in [2.05, 4.69) is 28.4 Å². The SMILES string of the molecule is Cn1c(N)nnc1SCCc1ccc2c(c1)CCO2. The Kier molecular flexibility index (Phi) is 3.33. The van der Waals surface area contributed by atoms with Gasteiger partial charge in [0.2, 0.25) is 5.95 Å². The summed E-state index contributed by atoms with van der Waals surface area (Å²) >= 11 is 1.67. The molecule has 1 aromatic heterocycles. The number of anilines is 1. The fourth-order valence-corrected chi connectivity index (χ4v) is 3.01. The molecule has 0 saturated carbocycles. The van der Waals surface area contributed by atoms with Crippen molar-refractivity contribution in [2.24, 2.45) is 7.05 Å². The summed E-state index contributed by atoms with van der Waals surface area (Å²) < 4.78 is 7.31. The van der Waals surface area contributed by atoms with Crippen molar-refractivity contribution in [1.29, 1.82) is 0 Å². The van der Waals surface area contributed by atoms with E-state index in [1.165, 1.54) is 11.1 Å². The molecule has 0 unspecified atom stereocenters. The zero-order valence-electron chi connectivity index (χ0n) is 10.8. The third-order valence-corrected chi connectivity index (χ3v) is 4.27. The van der Waals surface area contributed by atoms with Crippen LogP contribution in [0.1, 0.15) is 11.1 Å². The van der Waals surface area contributed by atoms with Gasteiger partial charge in [0.15, 0.2) is 5.16 Å². The molecule has 6 heteroatoms. The van der Waals surface area contributed by atoms with Gasteiger partial charge in [-0.15, -0.1) is 10.2 Å². The van der Waals surface area contributed by atoms with Crippen molar-refractivity contribution < 1.29 is 4.74 Å². The summed E-state index contributed by atoms with van der Waals surface area (Å²) in [5, 5.41) is 8.74. The van der Waals surface area contributed by atoms with E-state index in [9.17, 15) is 0 Å². The zero-order chi connectivity index (χ0) is 13.2. The molecule has 1 aromatic carbocycles. The molecule has 2 heterocycles. The fourth-order valence-electron chi connectivity index (χ4n) is 2.11. The van der Waals surface area contributed by atoms with Crippen molar-refractivity contribution in [3.8, 4) is 5.75 Å². The molecular weight excluding hydrogens is 260 g/mol. The van der Waals surface area contributed by atoms with Gasteiger partial charge in [-0.2, -0.15) is 0 Å². The molecule has 2 aromatic rings. The van der Waals surface area contributed by atoms with Crippen molar-refractivity contribution in [3.05, 3.63) is 29.3 Å². The number of ether oxygens (including phenoxy) is 1. The first-order chi connectivity index (χ1) is 9.24. The van der Waals surface area contributed by atoms with E-state index >= 15 is 0 Å². The standard InChI is InChI=1S/C13H16N4OS/c1-17-12(14)15-16-13(17)19-7-5-9-2-3-11-10(8-9)4-6-18-11/h2-3,8H,4-7H2,1H3,(H2,14,15). The Morgan fingerprint density at radius 2 is 2.32 bits per heavy atom. The van der Waals surface area contributed by atoms with Crippen LogP contribution in [0.4, 0.5) is 5.95 Å². The monoisotopic (exact) mass is 276 g/mol. The molecule has 0 saturated heterocycles. The molecule has 0 spiro atoms. The highest BCUT2D eigenvalue weighted by Gasteiger charge is 2.12. The minimum Gasteiger partial charge on any atom is -0.493 e. The summed E-state index contributed by atoms with van der Waals surface area (Å²) in [4.78, 5) is 0. The Balaban J connectivity index is 1.59. The molecule has 0 amide bonds. The van der Waals surface area contributed by atoms with Crippen LogP contribution in [0.5, 0.6) is 5.75 Å². The first-order valence-corrected chi connectivity index (χ1v) is 7.25. The summed E-state index contributed by atoms with van der Waals surface area (Å²) in [6, 6.07) is 6.45. The lowest BCUT2D eigenvalue weighted by molar-refractivity contribution is 0.357. The number of thioether (sulfide) groups is 1. The Morgan fingerprint density at radius 3 is 3.11 bits per heavy atom. The third-order valence-electron chi connectivity index (χ3n) is 3.24. The van der Waals surface area contributed by atoms with Crippen LogP contribution in [0.15, 0.2) is 23.4 Å². The van der Waals surface area contributed by atoms with Crippen molar-refractivity contribution in [2.75, 3.05) is 18.1 Å². The predicted molar refractivity (Wildman–Crippen MR) is 75.5 cm³/mol. The second kappa shape index (κ2) is 5.13. The maximum Gasteiger partial charge on any atom is 0.222 e. The number of nitrogens with zero attached hydrogens (tertiary/aromatic N) is 3. The number of hydrogen-bond donors (Lipinski definition) is 1. The van der Waals surface area contributed by atoms with Gasteiger partial charge in [0.1, 0.15) is 5.75 Å². The Hall–Kier alpha value is -1.69. The molecule has 0 atom stereocenters. The van der Waals surface area contributed by atoms with Crippen molar-refractivity contribution >= 4 is 17.7 Å². The van der Waals surface area contributed by atoms with Gasteiger partial charge in [-0.05, 0) is 23.6 Å². The smallest absolute Gasteiger partial charge is 0.222 e. The molecular formula is C13H16N4OS. The maximum absolute atomic E-state index is 5.65. The minimum atomic E-state index is 0.456. The molecule has 1 aliphatic heterocycles. The molecule has 100 valence electrons. The summed E-state index contributed by atoms with van der Waals surface area (Å²) in [6.45, 7) is 0.811. The van der Waals surface area contributed by atoms with E-state index < -0.39 is 0 Å². The largest absolute Gasteiger partial charge is 0.493 e. The van der Waals surface area contributed by atoms with Crippen molar-refractivity contribution in [3.63, 3.8) is 0 Å². The lowest BCUT2D eigenvalue weighted by Crippen LogP contribution is -1.99. The molecule has 2 N–H and O–H groups in total. The first kappa shape index (κ1) is 12.3. The molecule has 19 heavy (non-hydrogen) atoms. The number of rotatable bonds is 4.